The van der Waals surface area contributed by atoms with Crippen LogP contribution in [0.4, 0.5) is 30.0 Å². The Labute approximate surface area is 570 Å². The monoisotopic (exact) mass is 1380 g/mol. The second-order valence-corrected chi connectivity index (χ2v) is 33.6. The molecular formula is C70H96F2N12O11S2. The Morgan fingerprint density at radius 1 is 0.546 bits per heavy atom. The zero-order chi connectivity index (χ0) is 72.7. The minimum atomic E-state index is -4.48. The number of nitrogens with zero attached hydrogens (tertiary/aromatic N) is 8. The number of carboxylic acids is 1. The highest BCUT2D eigenvalue weighted by atomic mass is 32.2. The summed E-state index contributed by atoms with van der Waals surface area (Å²) in [6.07, 6.45) is 7.23. The van der Waals surface area contributed by atoms with Gasteiger partial charge < -0.3 is 35.0 Å². The van der Waals surface area contributed by atoms with Gasteiger partial charge in [-0.05, 0) is 206 Å². The molecule has 528 valence electrons. The molecule has 97 heavy (non-hydrogen) atoms. The second-order valence-electron chi connectivity index (χ2n) is 30.4. The van der Waals surface area contributed by atoms with E-state index in [9.17, 15) is 44.8 Å². The number of aromatic nitrogens is 6. The fourth-order valence-corrected chi connectivity index (χ4v) is 12.8. The van der Waals surface area contributed by atoms with Gasteiger partial charge in [0.2, 0.25) is 11.9 Å². The van der Waals surface area contributed by atoms with Crippen molar-refractivity contribution in [2.45, 2.75) is 217 Å². The lowest BCUT2D eigenvalue weighted by atomic mass is 9.85. The predicted molar refractivity (Wildman–Crippen MR) is 366 cm³/mol. The molecule has 6 aromatic heterocycles. The van der Waals surface area contributed by atoms with Crippen molar-refractivity contribution in [1.82, 2.24) is 44.4 Å². The Morgan fingerprint density at radius 3 is 1.29 bits per heavy atom. The van der Waals surface area contributed by atoms with Crippen LogP contribution in [0.2, 0.25) is 0 Å². The van der Waals surface area contributed by atoms with Gasteiger partial charge in [-0.3, -0.25) is 14.8 Å². The maximum atomic E-state index is 14.7. The van der Waals surface area contributed by atoms with Crippen molar-refractivity contribution >= 4 is 55.7 Å². The number of halogens is 2. The zero-order valence-corrected chi connectivity index (χ0v) is 60.6. The van der Waals surface area contributed by atoms with Crippen LogP contribution in [0.15, 0.2) is 120 Å². The molecule has 0 aromatic carbocycles. The lowest BCUT2D eigenvalue weighted by Gasteiger charge is -2.33. The summed E-state index contributed by atoms with van der Waals surface area (Å²) in [7, 11) is -8.41. The highest BCUT2D eigenvalue weighted by molar-refractivity contribution is 7.90. The van der Waals surface area contributed by atoms with Crippen molar-refractivity contribution < 1.29 is 59.4 Å². The molecule has 8 heterocycles. The molecular weight excluding hydrogens is 1290 g/mol. The van der Waals surface area contributed by atoms with Gasteiger partial charge in [-0.15, -0.1) is 0 Å². The van der Waals surface area contributed by atoms with Gasteiger partial charge in [-0.25, -0.2) is 52.6 Å². The number of carbonyl (C=O) groups excluding carboxylic acids is 3. The van der Waals surface area contributed by atoms with Gasteiger partial charge in [0, 0.05) is 58.8 Å². The number of hydrogen-bond acceptors (Lipinski definition) is 18. The molecule has 27 heteroatoms. The third-order valence-electron chi connectivity index (χ3n) is 16.5. The van der Waals surface area contributed by atoms with Crippen LogP contribution in [0.1, 0.15) is 207 Å². The zero-order valence-electron chi connectivity index (χ0n) is 59.0. The van der Waals surface area contributed by atoms with E-state index in [1.165, 1.54) is 42.5 Å². The van der Waals surface area contributed by atoms with E-state index in [1.807, 2.05) is 157 Å². The van der Waals surface area contributed by atoms with Gasteiger partial charge in [0.15, 0.2) is 10.1 Å². The Bertz CT molecular complexity index is 4010. The summed E-state index contributed by atoms with van der Waals surface area (Å²) >= 11 is 0. The molecule has 2 aliphatic heterocycles. The first-order valence-electron chi connectivity index (χ1n) is 32.0. The summed E-state index contributed by atoms with van der Waals surface area (Å²) in [5.41, 5.74) is -2.40. The van der Waals surface area contributed by atoms with Crippen LogP contribution in [0.25, 0.3) is 0 Å². The number of hydrogen-bond donors (Lipinski definition) is 5. The molecule has 2 fully saturated rings. The van der Waals surface area contributed by atoms with Gasteiger partial charge in [0.05, 0.1) is 28.0 Å². The van der Waals surface area contributed by atoms with Gasteiger partial charge >= 0.3 is 18.2 Å². The van der Waals surface area contributed by atoms with E-state index in [-0.39, 0.29) is 51.4 Å². The average molecular weight is 1380 g/mol. The van der Waals surface area contributed by atoms with Gasteiger partial charge in [0.25, 0.3) is 26.0 Å². The van der Waals surface area contributed by atoms with Crippen molar-refractivity contribution in [3.63, 3.8) is 0 Å². The number of ether oxygens (including phenoxy) is 2. The number of anilines is 2. The molecule has 4 atom stereocenters. The number of pyridine rings is 6. The van der Waals surface area contributed by atoms with Crippen LogP contribution in [-0.2, 0) is 51.4 Å². The number of amides is 3. The number of nitrogens with two attached hydrogens (primary N) is 1. The standard InChI is InChI=1S/C35H47FN6O5S.C25H37N5O4S.C10H12FNO2/c1-32(2,3)25-17-16-24(29(36)38-25)30(43)41-48(45,46)28-15-12-14-27(39-28)40-35(9,26-13-10-11-20-37-26)19-18-23-21-34(7,8)42(22-23)31(44)47-33(4,5)6;1-23(2,3)34-22(31)30-17-18(16-24(30,4)5)13-14-25(6,19-10-7-8-15-27-19)29-20-11-9-12-21(28-20)35(26,32)33;1-10(2,3)7-5-4-6(9(13)14)8(11)12-7/h10-17,20,23H,18-19,21-22H2,1-9H3,(H,39,40)(H,41,43);7-12,15,18H,13-14,16-17H2,1-6H3,(H,28,29)(H2,26,32,33);4-5H,1-3H3,(H,13,14)/t23-,35?;18-,25?;/m00./s1. The molecule has 6 N–H and O–H groups in total. The van der Waals surface area contributed by atoms with E-state index >= 15 is 0 Å². The Hall–Kier alpha value is -8.30. The molecule has 23 nitrogen and oxygen atoms in total. The van der Waals surface area contributed by atoms with Gasteiger partial charge in [0.1, 0.15) is 28.4 Å². The van der Waals surface area contributed by atoms with Crippen LogP contribution in [0.5, 0.6) is 0 Å². The minimum absolute atomic E-state index is 0.180. The topological polar surface area (TPSA) is 321 Å². The van der Waals surface area contributed by atoms with E-state index in [0.29, 0.717) is 43.1 Å². The lowest BCUT2D eigenvalue weighted by Crippen LogP contribution is -2.45. The van der Waals surface area contributed by atoms with Crippen molar-refractivity contribution in [2.24, 2.45) is 17.0 Å². The fourth-order valence-electron chi connectivity index (χ4n) is 11.4. The van der Waals surface area contributed by atoms with Crippen LogP contribution >= 0.6 is 0 Å². The van der Waals surface area contributed by atoms with Gasteiger partial charge in [-0.1, -0.05) is 65.8 Å². The first kappa shape index (κ1) is 77.7. The third kappa shape index (κ3) is 21.6. The lowest BCUT2D eigenvalue weighted by molar-refractivity contribution is 0.0118. The highest BCUT2D eigenvalue weighted by Crippen LogP contribution is 2.41. The van der Waals surface area contributed by atoms with Crippen molar-refractivity contribution in [2.75, 3.05) is 23.7 Å². The second kappa shape index (κ2) is 29.8. The van der Waals surface area contributed by atoms with Crippen molar-refractivity contribution in [1.29, 1.82) is 0 Å². The summed E-state index contributed by atoms with van der Waals surface area (Å²) in [5, 5.41) is 20.0. The van der Waals surface area contributed by atoms with Crippen molar-refractivity contribution in [3.05, 3.63) is 155 Å². The summed E-state index contributed by atoms with van der Waals surface area (Å²) < 4.78 is 91.2. The number of primary sulfonamides is 1. The third-order valence-corrected chi connectivity index (χ3v) is 18.5. The minimum Gasteiger partial charge on any atom is -0.478 e. The van der Waals surface area contributed by atoms with Crippen LogP contribution in [-0.4, -0.2) is 121 Å². The Balaban J connectivity index is 0.000000263. The molecule has 0 spiro atoms. The molecule has 2 aliphatic rings. The first-order chi connectivity index (χ1) is 44.5. The Kier molecular flexibility index (Phi) is 23.9. The predicted octanol–water partition coefficient (Wildman–Crippen LogP) is 13.1. The van der Waals surface area contributed by atoms with Crippen molar-refractivity contribution in [3.8, 4) is 0 Å². The Morgan fingerprint density at radius 2 is 0.938 bits per heavy atom. The van der Waals surface area contributed by atoms with E-state index in [4.69, 9.17) is 19.7 Å². The molecule has 0 radical (unpaired) electrons. The summed E-state index contributed by atoms with van der Waals surface area (Å²) in [6.45, 7) is 35.7. The average Bonchev–Trinajstić information content (AvgIpc) is 1.72. The first-order valence-corrected chi connectivity index (χ1v) is 35.1. The number of rotatable bonds is 17. The maximum Gasteiger partial charge on any atom is 0.410 e. The molecule has 2 saturated heterocycles. The normalized spacial score (nSPS) is 17.6. The molecule has 0 bridgehead atoms. The van der Waals surface area contributed by atoms with E-state index < -0.39 is 87.7 Å². The quantitative estimate of drug-likeness (QED) is 0.0530. The van der Waals surface area contributed by atoms with E-state index in [0.717, 1.165) is 37.1 Å². The molecule has 6 aromatic rings. The molecule has 2 unspecified atom stereocenters. The number of nitrogens with one attached hydrogen (secondary N) is 3. The molecule has 8 rings (SSSR count). The number of aromatic carboxylic acids is 1. The highest BCUT2D eigenvalue weighted by Gasteiger charge is 2.46. The van der Waals surface area contributed by atoms with Gasteiger partial charge in [-0.2, -0.15) is 17.2 Å². The number of carboxylic acid groups (broad SMARTS) is 1. The molecule has 0 saturated carbocycles. The smallest absolute Gasteiger partial charge is 0.410 e. The maximum absolute atomic E-state index is 14.7. The summed E-state index contributed by atoms with van der Waals surface area (Å²) in [5.74, 6) is -3.36. The van der Waals surface area contributed by atoms with E-state index in [1.54, 1.807) is 35.5 Å². The fraction of sp³-hybridized carbons (Fsp3) is 0.514. The number of sulfonamides is 2. The number of carbonyl (C=O) groups is 4. The van der Waals surface area contributed by atoms with E-state index in [2.05, 4.69) is 54.4 Å². The summed E-state index contributed by atoms with van der Waals surface area (Å²) in [6, 6.07) is 25.8. The number of likely N-dealkylation sites (tertiary alicyclic amines) is 2. The largest absolute Gasteiger partial charge is 0.478 e. The van der Waals surface area contributed by atoms with Crippen LogP contribution in [0.3, 0.4) is 0 Å². The summed E-state index contributed by atoms with van der Waals surface area (Å²) in [4.78, 5) is 77.9. The molecule has 3 amide bonds. The van der Waals surface area contributed by atoms with Crippen LogP contribution in [0, 0.1) is 23.7 Å². The SMILES string of the molecule is CC(C)(C)OC(=O)N1C[C@@H](CCC(C)(Nc2cccc(S(=O)(=O)NC(=O)c3ccc(C(C)(C)C)nc3F)n2)c2ccccn2)CC1(C)C.CC(C)(C)OC(=O)N1C[C@@H](CCC(C)(Nc2cccc(S(N)(=O)=O)n2)c2ccccn2)CC1(C)C.CC(C)(C)c1ccc(C(=O)O)c(F)n1. The molecule has 0 aliphatic carbocycles. The van der Waals surface area contributed by atoms with Crippen LogP contribution < -0.4 is 20.5 Å².